The Morgan fingerprint density at radius 3 is 2.75 bits per heavy atom. The first-order valence-corrected chi connectivity index (χ1v) is 13.9. The summed E-state index contributed by atoms with van der Waals surface area (Å²) in [7, 11) is 4.40. The van der Waals surface area contributed by atoms with Gasteiger partial charge < -0.3 is 9.80 Å². The van der Waals surface area contributed by atoms with Crippen LogP contribution in [0, 0.1) is 34.5 Å². The zero-order chi connectivity index (χ0) is 22.3. The average Bonchev–Trinajstić information content (AvgIpc) is 3.49. The van der Waals surface area contributed by atoms with E-state index in [-0.39, 0.29) is 5.91 Å². The van der Waals surface area contributed by atoms with Gasteiger partial charge in [-0.15, -0.1) is 11.3 Å². The number of thiophene rings is 1. The largest absolute Gasteiger partial charge is 0.338 e. The second-order valence-electron chi connectivity index (χ2n) is 12.2. The van der Waals surface area contributed by atoms with Crippen LogP contribution in [0.2, 0.25) is 0 Å². The predicted octanol–water partition coefficient (Wildman–Crippen LogP) is 6.08. The SMILES string of the molecule is C[C@H]1[C@H]2CC[C@H]3[C@@H]4CC=C5C[C@@H](N(C)C(=O)c6cccs6)CC[C@]5(C)C4CC[C@]23CN1C. The molecule has 2 heterocycles. The normalized spacial score (nSPS) is 45.4. The molecule has 1 amide bonds. The number of allylic oxidation sites excluding steroid dienone is 1. The summed E-state index contributed by atoms with van der Waals surface area (Å²) in [6.45, 7) is 6.43. The Hall–Kier alpha value is -1.13. The zero-order valence-electron chi connectivity index (χ0n) is 20.3. The summed E-state index contributed by atoms with van der Waals surface area (Å²) in [4.78, 5) is 18.6. The lowest BCUT2D eigenvalue weighted by Gasteiger charge is -2.58. The quantitative estimate of drug-likeness (QED) is 0.508. The second-order valence-corrected chi connectivity index (χ2v) is 13.1. The van der Waals surface area contributed by atoms with E-state index in [9.17, 15) is 4.79 Å². The maximum absolute atomic E-state index is 13.0. The molecule has 1 spiro atoms. The van der Waals surface area contributed by atoms with Crippen molar-refractivity contribution in [1.29, 1.82) is 0 Å². The lowest BCUT2D eigenvalue weighted by molar-refractivity contribution is -0.0430. The number of rotatable bonds is 2. The molecular formula is C28H40N2OS. The Kier molecular flexibility index (Phi) is 4.97. The van der Waals surface area contributed by atoms with Gasteiger partial charge in [0.05, 0.1) is 4.88 Å². The van der Waals surface area contributed by atoms with Gasteiger partial charge in [-0.25, -0.2) is 0 Å². The van der Waals surface area contributed by atoms with E-state index in [1.54, 1.807) is 16.9 Å². The van der Waals surface area contributed by atoms with Crippen molar-refractivity contribution in [2.75, 3.05) is 20.6 Å². The minimum Gasteiger partial charge on any atom is -0.338 e. The number of amides is 1. The van der Waals surface area contributed by atoms with Gasteiger partial charge in [0.25, 0.3) is 5.91 Å². The van der Waals surface area contributed by atoms with Crippen molar-refractivity contribution in [3.05, 3.63) is 34.0 Å². The van der Waals surface area contributed by atoms with E-state index in [0.29, 0.717) is 16.9 Å². The molecule has 1 aliphatic heterocycles. The summed E-state index contributed by atoms with van der Waals surface area (Å²) in [5.74, 6) is 3.83. The molecule has 8 atom stereocenters. The molecule has 0 N–H and O–H groups in total. The van der Waals surface area contributed by atoms with Crippen molar-refractivity contribution in [3.63, 3.8) is 0 Å². The third-order valence-electron chi connectivity index (χ3n) is 11.3. The summed E-state index contributed by atoms with van der Waals surface area (Å²) < 4.78 is 0. The minimum absolute atomic E-state index is 0.207. The molecule has 1 saturated heterocycles. The van der Waals surface area contributed by atoms with Crippen molar-refractivity contribution in [2.24, 2.45) is 34.5 Å². The van der Waals surface area contributed by atoms with Gasteiger partial charge in [-0.1, -0.05) is 24.6 Å². The van der Waals surface area contributed by atoms with E-state index in [1.807, 2.05) is 29.5 Å². The fraction of sp³-hybridized carbons (Fsp3) is 0.750. The van der Waals surface area contributed by atoms with Gasteiger partial charge >= 0.3 is 0 Å². The van der Waals surface area contributed by atoms with Crippen molar-refractivity contribution in [1.82, 2.24) is 9.80 Å². The van der Waals surface area contributed by atoms with Crippen LogP contribution in [0.15, 0.2) is 29.2 Å². The fourth-order valence-electron chi connectivity index (χ4n) is 9.51. The van der Waals surface area contributed by atoms with Crippen molar-refractivity contribution >= 4 is 17.2 Å². The highest BCUT2D eigenvalue weighted by Gasteiger charge is 2.64. The molecule has 4 aliphatic carbocycles. The Labute approximate surface area is 198 Å². The first kappa shape index (κ1) is 21.4. The molecule has 174 valence electrons. The standard InChI is InChI=1S/C28H40N2OS/c1-18-22-9-10-24-21-8-7-19-16-20(30(4)26(31)25-6-5-15-32-25)11-13-27(19,2)23(21)12-14-28(22,24)17-29(18)3/h5-7,15,18,20-24H,8-14,16-17H2,1-4H3/t18-,20-,21+,22+,23?,24-,27-,28-/m0/s1. The highest BCUT2D eigenvalue weighted by Crippen LogP contribution is 2.68. The van der Waals surface area contributed by atoms with Gasteiger partial charge in [0.1, 0.15) is 0 Å². The second kappa shape index (κ2) is 7.43. The lowest BCUT2D eigenvalue weighted by Crippen LogP contribution is -2.53. The summed E-state index contributed by atoms with van der Waals surface area (Å²) in [5, 5.41) is 2.01. The molecule has 4 fully saturated rings. The van der Waals surface area contributed by atoms with Gasteiger partial charge in [-0.05, 0) is 111 Å². The molecule has 0 radical (unpaired) electrons. The van der Waals surface area contributed by atoms with E-state index < -0.39 is 0 Å². The van der Waals surface area contributed by atoms with Crippen molar-refractivity contribution in [3.8, 4) is 0 Å². The number of nitrogens with zero attached hydrogens (tertiary/aromatic N) is 2. The Morgan fingerprint density at radius 2 is 1.97 bits per heavy atom. The first-order valence-electron chi connectivity index (χ1n) is 13.1. The number of hydrogen-bond donors (Lipinski definition) is 0. The molecule has 0 bridgehead atoms. The van der Waals surface area contributed by atoms with E-state index in [1.165, 1.54) is 45.1 Å². The van der Waals surface area contributed by atoms with Crippen LogP contribution in [0.1, 0.15) is 74.9 Å². The number of likely N-dealkylation sites (tertiary alicyclic amines) is 1. The number of hydrogen-bond acceptors (Lipinski definition) is 3. The molecule has 3 nitrogen and oxygen atoms in total. The van der Waals surface area contributed by atoms with Gasteiger partial charge in [0.15, 0.2) is 0 Å². The molecule has 3 saturated carbocycles. The maximum Gasteiger partial charge on any atom is 0.263 e. The van der Waals surface area contributed by atoms with E-state index in [4.69, 9.17) is 0 Å². The fourth-order valence-corrected chi connectivity index (χ4v) is 10.2. The highest BCUT2D eigenvalue weighted by atomic mass is 32.1. The Morgan fingerprint density at radius 1 is 1.16 bits per heavy atom. The molecule has 0 aromatic carbocycles. The van der Waals surface area contributed by atoms with E-state index in [2.05, 4.69) is 31.9 Å². The van der Waals surface area contributed by atoms with Crippen molar-refractivity contribution < 1.29 is 4.79 Å². The molecule has 32 heavy (non-hydrogen) atoms. The van der Waals surface area contributed by atoms with Crippen LogP contribution in [-0.4, -0.2) is 48.4 Å². The van der Waals surface area contributed by atoms with Crippen molar-refractivity contribution in [2.45, 2.75) is 77.3 Å². The Balaban J connectivity index is 1.23. The predicted molar refractivity (Wildman–Crippen MR) is 132 cm³/mol. The number of carbonyl (C=O) groups excluding carboxylic acids is 1. The summed E-state index contributed by atoms with van der Waals surface area (Å²) in [6, 6.07) is 5.08. The van der Waals surface area contributed by atoms with Gasteiger partial charge in [-0.2, -0.15) is 0 Å². The van der Waals surface area contributed by atoms with Crippen LogP contribution in [0.4, 0.5) is 0 Å². The first-order chi connectivity index (χ1) is 15.3. The maximum atomic E-state index is 13.0. The molecular weight excluding hydrogens is 412 g/mol. The third kappa shape index (κ3) is 2.84. The monoisotopic (exact) mass is 452 g/mol. The number of carbonyl (C=O) groups is 1. The molecule has 5 aliphatic rings. The zero-order valence-corrected chi connectivity index (χ0v) is 21.2. The average molecular weight is 453 g/mol. The lowest BCUT2D eigenvalue weighted by atomic mass is 9.47. The van der Waals surface area contributed by atoms with Crippen LogP contribution in [0.5, 0.6) is 0 Å². The van der Waals surface area contributed by atoms with Gasteiger partial charge in [-0.3, -0.25) is 4.79 Å². The summed E-state index contributed by atoms with van der Waals surface area (Å²) in [6.07, 6.45) is 13.3. The number of fused-ring (bicyclic) bond motifs is 4. The summed E-state index contributed by atoms with van der Waals surface area (Å²) in [5.41, 5.74) is 2.66. The molecule has 6 rings (SSSR count). The van der Waals surface area contributed by atoms with Gasteiger partial charge in [0, 0.05) is 25.7 Å². The molecule has 1 aromatic heterocycles. The van der Waals surface area contributed by atoms with Crippen LogP contribution in [-0.2, 0) is 0 Å². The summed E-state index contributed by atoms with van der Waals surface area (Å²) >= 11 is 1.57. The van der Waals surface area contributed by atoms with Crippen LogP contribution in [0.25, 0.3) is 0 Å². The molecule has 4 heteroatoms. The van der Waals surface area contributed by atoms with E-state index in [0.717, 1.165) is 47.4 Å². The highest BCUT2D eigenvalue weighted by molar-refractivity contribution is 7.12. The molecule has 1 aromatic rings. The van der Waals surface area contributed by atoms with Crippen LogP contribution in [0.3, 0.4) is 0 Å². The minimum atomic E-state index is 0.207. The third-order valence-corrected chi connectivity index (χ3v) is 12.1. The smallest absolute Gasteiger partial charge is 0.263 e. The molecule has 1 unspecified atom stereocenters. The van der Waals surface area contributed by atoms with Crippen LogP contribution >= 0.6 is 11.3 Å². The Bertz CT molecular complexity index is 924. The van der Waals surface area contributed by atoms with Crippen LogP contribution < -0.4 is 0 Å². The van der Waals surface area contributed by atoms with Gasteiger partial charge in [0.2, 0.25) is 0 Å². The van der Waals surface area contributed by atoms with E-state index >= 15 is 0 Å². The topological polar surface area (TPSA) is 23.6 Å².